The summed E-state index contributed by atoms with van der Waals surface area (Å²) in [5, 5.41) is 16.5. The molecule has 0 radical (unpaired) electrons. The number of rotatable bonds is 5. The Balaban J connectivity index is 1.54. The number of aliphatic hydroxyl groups excluding tert-OH is 1. The normalized spacial score (nSPS) is 18.9. The lowest BCUT2D eigenvalue weighted by Gasteiger charge is -2.25. The predicted octanol–water partition coefficient (Wildman–Crippen LogP) is 3.88. The minimum Gasteiger partial charge on any atom is -0.380 e. The minimum absolute atomic E-state index is 0.131. The van der Waals surface area contributed by atoms with E-state index in [2.05, 4.69) is 10.6 Å². The average molecular weight is 372 g/mol. The zero-order chi connectivity index (χ0) is 19.7. The highest BCUT2D eigenvalue weighted by atomic mass is 16.3. The number of hydrogen-bond acceptors (Lipinski definition) is 4. The van der Waals surface area contributed by atoms with Gasteiger partial charge in [-0.1, -0.05) is 48.5 Å². The number of carbonyl (C=O) groups is 2. The molecule has 1 amide bonds. The third kappa shape index (κ3) is 3.06. The maximum absolute atomic E-state index is 12.5. The molecule has 0 spiro atoms. The Morgan fingerprint density at radius 1 is 0.964 bits per heavy atom. The van der Waals surface area contributed by atoms with Crippen LogP contribution in [-0.4, -0.2) is 16.8 Å². The molecule has 0 aliphatic carbocycles. The number of nitrogens with one attached hydrogen (secondary N) is 2. The largest absolute Gasteiger partial charge is 0.380 e. The Labute approximate surface area is 163 Å². The van der Waals surface area contributed by atoms with Gasteiger partial charge in [0, 0.05) is 22.5 Å². The van der Waals surface area contributed by atoms with Crippen molar-refractivity contribution in [2.24, 2.45) is 0 Å². The molecule has 4 rings (SSSR count). The van der Waals surface area contributed by atoms with Gasteiger partial charge in [-0.05, 0) is 42.8 Å². The van der Waals surface area contributed by atoms with Crippen LogP contribution in [0.1, 0.15) is 34.5 Å². The molecule has 5 heteroatoms. The summed E-state index contributed by atoms with van der Waals surface area (Å²) in [4.78, 5) is 25.1. The molecule has 2 unspecified atom stereocenters. The lowest BCUT2D eigenvalue weighted by molar-refractivity contribution is -0.119. The number of benzene rings is 3. The first-order valence-electron chi connectivity index (χ1n) is 9.05. The topological polar surface area (TPSA) is 78.4 Å². The highest BCUT2D eigenvalue weighted by Crippen LogP contribution is 2.38. The molecule has 0 saturated carbocycles. The predicted molar refractivity (Wildman–Crippen MR) is 108 cm³/mol. The molecule has 28 heavy (non-hydrogen) atoms. The summed E-state index contributed by atoms with van der Waals surface area (Å²) >= 11 is 0. The van der Waals surface area contributed by atoms with E-state index in [0.717, 1.165) is 11.3 Å². The fourth-order valence-electron chi connectivity index (χ4n) is 3.47. The first-order chi connectivity index (χ1) is 13.5. The second-order valence-electron chi connectivity index (χ2n) is 7.00. The van der Waals surface area contributed by atoms with Gasteiger partial charge in [0.1, 0.15) is 11.6 Å². The smallest absolute Gasteiger partial charge is 0.254 e. The lowest BCUT2D eigenvalue weighted by Crippen LogP contribution is -2.39. The summed E-state index contributed by atoms with van der Waals surface area (Å²) in [5.74, 6) is -0.499. The number of hydrogen-bond donors (Lipinski definition) is 3. The van der Waals surface area contributed by atoms with Gasteiger partial charge < -0.3 is 15.7 Å². The number of anilines is 2. The Kier molecular flexibility index (Phi) is 4.45. The van der Waals surface area contributed by atoms with Crippen LogP contribution in [0.25, 0.3) is 0 Å². The van der Waals surface area contributed by atoms with Crippen LogP contribution in [0.15, 0.2) is 78.9 Å². The highest BCUT2D eigenvalue weighted by molar-refractivity contribution is 6.07. The number of amides is 1. The van der Waals surface area contributed by atoms with Crippen molar-refractivity contribution in [3.63, 3.8) is 0 Å². The molecule has 3 N–H and O–H groups in total. The maximum atomic E-state index is 12.5. The highest BCUT2D eigenvalue weighted by Gasteiger charge is 2.42. The average Bonchev–Trinajstić information content (AvgIpc) is 2.98. The van der Waals surface area contributed by atoms with E-state index in [1.165, 1.54) is 0 Å². The Bertz CT molecular complexity index is 1030. The van der Waals surface area contributed by atoms with E-state index in [-0.39, 0.29) is 11.7 Å². The standard InChI is InChI=1S/C23H20N2O3/c1-23(18-9-5-6-10-19(18)24-22(23)28)25-17-13-11-16(12-14-17)21(27)20(26)15-7-3-2-4-8-15/h2-14,20,25-26H,1H3,(H,24,28). The summed E-state index contributed by atoms with van der Waals surface area (Å²) in [6.07, 6.45) is -1.20. The fourth-order valence-corrected chi connectivity index (χ4v) is 3.47. The summed E-state index contributed by atoms with van der Waals surface area (Å²) < 4.78 is 0. The van der Waals surface area contributed by atoms with Gasteiger partial charge in [0.15, 0.2) is 5.78 Å². The van der Waals surface area contributed by atoms with Crippen LogP contribution in [0.2, 0.25) is 0 Å². The quantitative estimate of drug-likeness (QED) is 0.594. The van der Waals surface area contributed by atoms with Crippen LogP contribution >= 0.6 is 0 Å². The van der Waals surface area contributed by atoms with Crippen LogP contribution in [-0.2, 0) is 10.3 Å². The maximum Gasteiger partial charge on any atom is 0.254 e. The molecule has 0 saturated heterocycles. The zero-order valence-corrected chi connectivity index (χ0v) is 15.3. The third-order valence-corrected chi connectivity index (χ3v) is 5.10. The van der Waals surface area contributed by atoms with Crippen LogP contribution in [0.4, 0.5) is 11.4 Å². The fraction of sp³-hybridized carbons (Fsp3) is 0.130. The number of fused-ring (bicyclic) bond motifs is 1. The summed E-state index contributed by atoms with van der Waals surface area (Å²) in [5.41, 5.74) is 2.44. The zero-order valence-electron chi connectivity index (χ0n) is 15.3. The molecule has 1 heterocycles. The molecule has 1 aliphatic heterocycles. The van der Waals surface area contributed by atoms with Crippen molar-refractivity contribution in [1.82, 2.24) is 0 Å². The molecule has 140 valence electrons. The molecular weight excluding hydrogens is 352 g/mol. The number of ketones is 1. The van der Waals surface area contributed by atoms with Crippen LogP contribution in [0.3, 0.4) is 0 Å². The van der Waals surface area contributed by atoms with Gasteiger partial charge in [-0.15, -0.1) is 0 Å². The van der Waals surface area contributed by atoms with E-state index >= 15 is 0 Å². The van der Waals surface area contributed by atoms with E-state index in [9.17, 15) is 14.7 Å². The second kappa shape index (κ2) is 6.94. The van der Waals surface area contributed by atoms with Crippen molar-refractivity contribution >= 4 is 23.1 Å². The first kappa shape index (κ1) is 17.9. The van der Waals surface area contributed by atoms with E-state index in [0.29, 0.717) is 16.8 Å². The van der Waals surface area contributed by atoms with Crippen molar-refractivity contribution in [3.8, 4) is 0 Å². The Hall–Kier alpha value is -3.44. The van der Waals surface area contributed by atoms with E-state index in [1.807, 2.05) is 37.3 Å². The summed E-state index contributed by atoms with van der Waals surface area (Å²) in [6, 6.07) is 23.2. The first-order valence-corrected chi connectivity index (χ1v) is 9.05. The molecule has 5 nitrogen and oxygen atoms in total. The molecule has 0 bridgehead atoms. The number of Topliss-reactive ketones (excluding diaryl/α,β-unsaturated/α-hetero) is 1. The van der Waals surface area contributed by atoms with Crippen LogP contribution in [0, 0.1) is 0 Å². The number of aliphatic hydroxyl groups is 1. The molecular formula is C23H20N2O3. The monoisotopic (exact) mass is 372 g/mol. The van der Waals surface area contributed by atoms with Gasteiger partial charge in [0.2, 0.25) is 0 Å². The molecule has 1 aliphatic rings. The minimum atomic E-state index is -1.20. The summed E-state index contributed by atoms with van der Waals surface area (Å²) in [7, 11) is 0. The Morgan fingerprint density at radius 3 is 2.32 bits per heavy atom. The lowest BCUT2D eigenvalue weighted by atomic mass is 9.93. The van der Waals surface area contributed by atoms with Crippen molar-refractivity contribution in [3.05, 3.63) is 95.6 Å². The number of para-hydroxylation sites is 1. The van der Waals surface area contributed by atoms with Gasteiger partial charge in [-0.3, -0.25) is 9.59 Å². The molecule has 3 aromatic rings. The number of carbonyl (C=O) groups excluding carboxylic acids is 2. The van der Waals surface area contributed by atoms with Gasteiger partial charge in [0.25, 0.3) is 5.91 Å². The molecule has 2 atom stereocenters. The van der Waals surface area contributed by atoms with E-state index in [4.69, 9.17) is 0 Å². The Morgan fingerprint density at radius 2 is 1.61 bits per heavy atom. The summed E-state index contributed by atoms with van der Waals surface area (Å²) in [6.45, 7) is 1.83. The van der Waals surface area contributed by atoms with Crippen molar-refractivity contribution < 1.29 is 14.7 Å². The van der Waals surface area contributed by atoms with Crippen LogP contribution in [0.5, 0.6) is 0 Å². The third-order valence-electron chi connectivity index (χ3n) is 5.10. The molecule has 0 aromatic heterocycles. The van der Waals surface area contributed by atoms with Crippen LogP contribution < -0.4 is 10.6 Å². The SMILES string of the molecule is CC1(Nc2ccc(C(=O)C(O)c3ccccc3)cc2)C(=O)Nc2ccccc21. The van der Waals surface area contributed by atoms with Gasteiger partial charge in [0.05, 0.1) is 0 Å². The molecule has 3 aromatic carbocycles. The van der Waals surface area contributed by atoms with E-state index in [1.54, 1.807) is 48.5 Å². The van der Waals surface area contributed by atoms with Gasteiger partial charge in [-0.25, -0.2) is 0 Å². The van der Waals surface area contributed by atoms with Gasteiger partial charge in [-0.2, -0.15) is 0 Å². The van der Waals surface area contributed by atoms with E-state index < -0.39 is 11.6 Å². The van der Waals surface area contributed by atoms with Crippen molar-refractivity contribution in [2.75, 3.05) is 10.6 Å². The van der Waals surface area contributed by atoms with Crippen molar-refractivity contribution in [2.45, 2.75) is 18.6 Å². The molecule has 0 fully saturated rings. The second-order valence-corrected chi connectivity index (χ2v) is 7.00. The van der Waals surface area contributed by atoms with Gasteiger partial charge >= 0.3 is 0 Å². The van der Waals surface area contributed by atoms with Crippen molar-refractivity contribution in [1.29, 1.82) is 0 Å².